The monoisotopic (exact) mass is 624 g/mol. The van der Waals surface area contributed by atoms with Gasteiger partial charge in [-0.25, -0.2) is 0 Å². The van der Waals surface area contributed by atoms with Gasteiger partial charge in [-0.3, -0.25) is 4.98 Å². The zero-order valence-electron chi connectivity index (χ0n) is 26.4. The molecule has 11 rings (SSSR count). The van der Waals surface area contributed by atoms with Gasteiger partial charge in [-0.1, -0.05) is 140 Å². The van der Waals surface area contributed by atoms with E-state index in [2.05, 4.69) is 168 Å². The maximum Gasteiger partial charge on any atom is 0.140 e. The number of ether oxygens (including phenoxy) is 1. The van der Waals surface area contributed by atoms with Crippen LogP contribution in [0.15, 0.2) is 164 Å². The molecule has 0 saturated heterocycles. The van der Waals surface area contributed by atoms with Crippen molar-refractivity contribution in [1.29, 1.82) is 0 Å². The lowest BCUT2D eigenvalue weighted by atomic mass is 9.65. The average Bonchev–Trinajstić information content (AvgIpc) is 3.77. The summed E-state index contributed by atoms with van der Waals surface area (Å²) in [4.78, 5) is 8.42. The number of pyridine rings is 1. The van der Waals surface area contributed by atoms with E-state index in [4.69, 9.17) is 4.74 Å². The molecule has 7 aromatic carbocycles. The van der Waals surface area contributed by atoms with Crippen LogP contribution in [0.5, 0.6) is 11.5 Å². The summed E-state index contributed by atoms with van der Waals surface area (Å²) in [5.41, 5.74) is 13.5. The number of fused-ring (bicyclic) bond motifs is 13. The number of para-hydroxylation sites is 2. The van der Waals surface area contributed by atoms with Gasteiger partial charge in [-0.2, -0.15) is 0 Å². The van der Waals surface area contributed by atoms with Crippen molar-refractivity contribution in [3.05, 3.63) is 186 Å². The van der Waals surface area contributed by atoms with E-state index >= 15 is 0 Å². The Bertz CT molecular complexity index is 2780. The maximum absolute atomic E-state index is 7.01. The number of hydrogen-bond acceptors (Lipinski definition) is 2. The number of rotatable bonds is 2. The van der Waals surface area contributed by atoms with Gasteiger partial charge in [-0.05, 0) is 56.8 Å². The summed E-state index contributed by atoms with van der Waals surface area (Å²) in [6.45, 7) is 0. The van der Waals surface area contributed by atoms with Gasteiger partial charge >= 0.3 is 0 Å². The fraction of sp³-hybridized carbons (Fsp3) is 0.0217. The second-order valence-electron chi connectivity index (χ2n) is 13.1. The third kappa shape index (κ3) is 3.49. The van der Waals surface area contributed by atoms with Crippen LogP contribution in [-0.2, 0) is 5.41 Å². The SMILES string of the molecule is c1ccc2c(c1)Oc1c(-c3ccc(-c4ccc5ccc6ccnc6c5[nH]4)c4ccccc34)cccc1C21c2ccccc2-c2ccccc21. The number of H-pyrrole nitrogens is 1. The topological polar surface area (TPSA) is 37.9 Å². The zero-order chi connectivity index (χ0) is 32.1. The quantitative estimate of drug-likeness (QED) is 0.208. The molecule has 2 aromatic heterocycles. The highest BCUT2D eigenvalue weighted by Gasteiger charge is 2.51. The normalized spacial score (nSPS) is 13.6. The molecule has 1 N–H and O–H groups in total. The second kappa shape index (κ2) is 9.79. The average molecular weight is 625 g/mol. The molecule has 0 unspecified atom stereocenters. The summed E-state index contributed by atoms with van der Waals surface area (Å²) in [5.74, 6) is 1.81. The fourth-order valence-corrected chi connectivity index (χ4v) is 8.72. The summed E-state index contributed by atoms with van der Waals surface area (Å²) in [6, 6.07) is 57.0. The lowest BCUT2D eigenvalue weighted by Gasteiger charge is -2.40. The van der Waals surface area contributed by atoms with Gasteiger partial charge in [0.05, 0.1) is 16.4 Å². The Hall–Kier alpha value is -6.45. The van der Waals surface area contributed by atoms with Crippen LogP contribution in [0.3, 0.4) is 0 Å². The van der Waals surface area contributed by atoms with Crippen LogP contribution < -0.4 is 4.74 Å². The molecule has 0 atom stereocenters. The highest BCUT2D eigenvalue weighted by atomic mass is 16.5. The highest BCUT2D eigenvalue weighted by molar-refractivity contribution is 6.08. The van der Waals surface area contributed by atoms with Crippen LogP contribution in [0.2, 0.25) is 0 Å². The van der Waals surface area contributed by atoms with E-state index in [1.807, 2.05) is 6.20 Å². The summed E-state index contributed by atoms with van der Waals surface area (Å²) in [7, 11) is 0. The van der Waals surface area contributed by atoms with Crippen molar-refractivity contribution in [3.8, 4) is 45.0 Å². The lowest BCUT2D eigenvalue weighted by Crippen LogP contribution is -2.32. The molecule has 0 saturated carbocycles. The molecule has 0 fully saturated rings. The molecule has 0 amide bonds. The minimum absolute atomic E-state index is 0.497. The highest BCUT2D eigenvalue weighted by Crippen LogP contribution is 2.63. The number of hydrogen-bond donors (Lipinski definition) is 1. The summed E-state index contributed by atoms with van der Waals surface area (Å²) in [6.07, 6.45) is 1.88. The first-order valence-corrected chi connectivity index (χ1v) is 16.8. The Morgan fingerprint density at radius 3 is 1.88 bits per heavy atom. The Morgan fingerprint density at radius 2 is 1.06 bits per heavy atom. The van der Waals surface area contributed by atoms with E-state index in [0.717, 1.165) is 55.7 Å². The molecule has 3 heteroatoms. The summed E-state index contributed by atoms with van der Waals surface area (Å²) >= 11 is 0. The standard InChI is InChI=1S/C46H28N2O/c1-2-11-31-30(10-1)32(23-24-35(31)41-25-22-28-20-21-29-26-27-47-43(29)44(28)48-41)36-14-9-18-40-45(36)49-42-19-8-7-17-39(42)46(40)37-15-5-3-12-33(37)34-13-4-6-16-38(34)46/h1-27,48H. The van der Waals surface area contributed by atoms with E-state index in [1.54, 1.807) is 0 Å². The number of benzene rings is 7. The Kier molecular flexibility index (Phi) is 5.31. The van der Waals surface area contributed by atoms with E-state index in [1.165, 1.54) is 44.2 Å². The molecule has 1 aliphatic carbocycles. The number of nitrogens with zero attached hydrogens (tertiary/aromatic N) is 1. The van der Waals surface area contributed by atoms with Gasteiger partial charge in [-0.15, -0.1) is 0 Å². The minimum atomic E-state index is -0.497. The Labute approximate surface area is 283 Å². The van der Waals surface area contributed by atoms with Crippen molar-refractivity contribution >= 4 is 32.6 Å². The first kappa shape index (κ1) is 26.6. The van der Waals surface area contributed by atoms with Crippen LogP contribution in [0, 0.1) is 0 Å². The lowest BCUT2D eigenvalue weighted by molar-refractivity contribution is 0.438. The molecular formula is C46H28N2O. The van der Waals surface area contributed by atoms with Crippen LogP contribution in [0.1, 0.15) is 22.3 Å². The van der Waals surface area contributed by atoms with Gasteiger partial charge in [0.2, 0.25) is 0 Å². The third-order valence-electron chi connectivity index (χ3n) is 10.8. The van der Waals surface area contributed by atoms with Crippen LogP contribution in [0.25, 0.3) is 66.1 Å². The van der Waals surface area contributed by atoms with Gasteiger partial charge < -0.3 is 9.72 Å². The molecule has 9 aromatic rings. The molecular weight excluding hydrogens is 597 g/mol. The third-order valence-corrected chi connectivity index (χ3v) is 10.8. The van der Waals surface area contributed by atoms with Gasteiger partial charge in [0.25, 0.3) is 0 Å². The van der Waals surface area contributed by atoms with E-state index in [-0.39, 0.29) is 0 Å². The summed E-state index contributed by atoms with van der Waals surface area (Å²) in [5, 5.41) is 4.64. The molecule has 1 spiro atoms. The van der Waals surface area contributed by atoms with Gasteiger partial charge in [0.1, 0.15) is 11.5 Å². The van der Waals surface area contributed by atoms with E-state index in [9.17, 15) is 0 Å². The Morgan fingerprint density at radius 1 is 0.449 bits per heavy atom. The van der Waals surface area contributed by atoms with Crippen molar-refractivity contribution in [2.24, 2.45) is 0 Å². The summed E-state index contributed by atoms with van der Waals surface area (Å²) < 4.78 is 7.01. The van der Waals surface area contributed by atoms with Gasteiger partial charge in [0.15, 0.2) is 0 Å². The van der Waals surface area contributed by atoms with Crippen molar-refractivity contribution in [2.75, 3.05) is 0 Å². The number of nitrogens with one attached hydrogen (secondary N) is 1. The van der Waals surface area contributed by atoms with Crippen molar-refractivity contribution in [2.45, 2.75) is 5.41 Å². The van der Waals surface area contributed by atoms with Crippen molar-refractivity contribution < 1.29 is 4.74 Å². The second-order valence-corrected chi connectivity index (χ2v) is 13.1. The van der Waals surface area contributed by atoms with E-state index < -0.39 is 5.41 Å². The predicted molar refractivity (Wildman–Crippen MR) is 199 cm³/mol. The zero-order valence-corrected chi connectivity index (χ0v) is 26.4. The molecule has 49 heavy (non-hydrogen) atoms. The van der Waals surface area contributed by atoms with Crippen LogP contribution >= 0.6 is 0 Å². The van der Waals surface area contributed by atoms with E-state index in [0.29, 0.717) is 0 Å². The van der Waals surface area contributed by atoms with Crippen molar-refractivity contribution in [3.63, 3.8) is 0 Å². The molecule has 2 aliphatic rings. The van der Waals surface area contributed by atoms with Crippen molar-refractivity contribution in [1.82, 2.24) is 9.97 Å². The molecule has 0 radical (unpaired) electrons. The molecule has 3 nitrogen and oxygen atoms in total. The maximum atomic E-state index is 7.01. The molecule has 1 aliphatic heterocycles. The van der Waals surface area contributed by atoms with Crippen LogP contribution in [-0.4, -0.2) is 9.97 Å². The van der Waals surface area contributed by atoms with Crippen LogP contribution in [0.4, 0.5) is 0 Å². The minimum Gasteiger partial charge on any atom is -0.456 e. The molecule has 0 bridgehead atoms. The number of aromatic nitrogens is 2. The Balaban J connectivity index is 1.17. The largest absolute Gasteiger partial charge is 0.456 e. The smallest absolute Gasteiger partial charge is 0.140 e. The fourth-order valence-electron chi connectivity index (χ4n) is 8.72. The first-order valence-electron chi connectivity index (χ1n) is 16.8. The molecule has 3 heterocycles. The number of aromatic amines is 1. The van der Waals surface area contributed by atoms with Gasteiger partial charge in [0, 0.05) is 44.9 Å². The predicted octanol–water partition coefficient (Wildman–Crippen LogP) is 11.7. The molecule has 228 valence electrons. The first-order chi connectivity index (χ1) is 24.3.